The normalized spacial score (nSPS) is 22.3. The van der Waals surface area contributed by atoms with Gasteiger partial charge in [-0.05, 0) is 37.7 Å². The van der Waals surface area contributed by atoms with Crippen molar-refractivity contribution in [1.29, 1.82) is 0 Å². The monoisotopic (exact) mass is 299 g/mol. The van der Waals surface area contributed by atoms with Gasteiger partial charge in [0.25, 0.3) is 0 Å². The van der Waals surface area contributed by atoms with Crippen LogP contribution < -0.4 is 14.8 Å². The molecule has 21 heavy (non-hydrogen) atoms. The number of alkyl halides is 2. The zero-order valence-corrected chi connectivity index (χ0v) is 12.6. The molecule has 0 heterocycles. The predicted octanol–water partition coefficient (Wildman–Crippen LogP) is 3.96. The number of hydrogen-bond acceptors (Lipinski definition) is 3. The molecule has 2 rings (SSSR count). The van der Waals surface area contributed by atoms with E-state index >= 15 is 0 Å². The van der Waals surface area contributed by atoms with Crippen LogP contribution in [0.2, 0.25) is 0 Å². The Balaban J connectivity index is 2.01. The summed E-state index contributed by atoms with van der Waals surface area (Å²) in [5.41, 5.74) is 0.702. The Bertz CT molecular complexity index is 446. The van der Waals surface area contributed by atoms with Crippen LogP contribution in [0.15, 0.2) is 18.2 Å². The minimum Gasteiger partial charge on any atom is -0.493 e. The molecule has 1 fully saturated rings. The van der Waals surface area contributed by atoms with Crippen LogP contribution in [0.25, 0.3) is 0 Å². The zero-order valence-electron chi connectivity index (χ0n) is 12.6. The minimum absolute atomic E-state index is 0.131. The van der Waals surface area contributed by atoms with Gasteiger partial charge >= 0.3 is 6.61 Å². The van der Waals surface area contributed by atoms with Crippen molar-refractivity contribution in [1.82, 2.24) is 5.32 Å². The van der Waals surface area contributed by atoms with Gasteiger partial charge in [-0.15, -0.1) is 0 Å². The molecule has 0 atom stereocenters. The predicted molar refractivity (Wildman–Crippen MR) is 77.9 cm³/mol. The Morgan fingerprint density at radius 3 is 2.57 bits per heavy atom. The minimum atomic E-state index is -2.85. The number of benzene rings is 1. The first-order chi connectivity index (χ1) is 10.1. The maximum atomic E-state index is 12.6. The van der Waals surface area contributed by atoms with E-state index in [-0.39, 0.29) is 5.75 Å². The molecule has 1 aromatic rings. The lowest BCUT2D eigenvalue weighted by Crippen LogP contribution is -2.32. The second kappa shape index (κ2) is 7.59. The molecule has 0 aliphatic heterocycles. The molecule has 5 heteroatoms. The maximum absolute atomic E-state index is 12.6. The number of hydrogen-bond donors (Lipinski definition) is 1. The molecule has 118 valence electrons. The Hall–Kier alpha value is -1.36. The average molecular weight is 299 g/mol. The first-order valence-electron chi connectivity index (χ1n) is 7.44. The van der Waals surface area contributed by atoms with Crippen molar-refractivity contribution in [3.63, 3.8) is 0 Å². The molecule has 0 bridgehead atoms. The average Bonchev–Trinajstić information content (AvgIpc) is 2.47. The van der Waals surface area contributed by atoms with E-state index in [1.165, 1.54) is 20.0 Å². The third-order valence-corrected chi connectivity index (χ3v) is 4.08. The number of halogens is 2. The van der Waals surface area contributed by atoms with Crippen molar-refractivity contribution in [2.75, 3.05) is 7.11 Å². The highest BCUT2D eigenvalue weighted by molar-refractivity contribution is 5.46. The van der Waals surface area contributed by atoms with E-state index in [4.69, 9.17) is 4.74 Å². The van der Waals surface area contributed by atoms with Crippen LogP contribution in [0.3, 0.4) is 0 Å². The number of para-hydroxylation sites is 1. The van der Waals surface area contributed by atoms with E-state index in [0.717, 1.165) is 18.8 Å². The fourth-order valence-corrected chi connectivity index (χ4v) is 2.80. The maximum Gasteiger partial charge on any atom is 0.387 e. The smallest absolute Gasteiger partial charge is 0.387 e. The topological polar surface area (TPSA) is 30.5 Å². The van der Waals surface area contributed by atoms with Crippen molar-refractivity contribution in [2.45, 2.75) is 51.8 Å². The molecule has 3 nitrogen and oxygen atoms in total. The Morgan fingerprint density at radius 2 is 1.95 bits per heavy atom. The van der Waals surface area contributed by atoms with E-state index in [9.17, 15) is 8.78 Å². The van der Waals surface area contributed by atoms with Crippen molar-refractivity contribution in [3.05, 3.63) is 23.8 Å². The highest BCUT2D eigenvalue weighted by atomic mass is 19.3. The molecule has 1 aliphatic rings. The summed E-state index contributed by atoms with van der Waals surface area (Å²) < 4.78 is 34.8. The van der Waals surface area contributed by atoms with E-state index in [2.05, 4.69) is 17.0 Å². The van der Waals surface area contributed by atoms with Crippen LogP contribution in [-0.4, -0.2) is 19.8 Å². The SMILES string of the molecule is COc1cccc(CNC2CCC(C)CC2)c1OC(F)F. The summed E-state index contributed by atoms with van der Waals surface area (Å²) in [6, 6.07) is 5.66. The van der Waals surface area contributed by atoms with Gasteiger partial charge in [-0.1, -0.05) is 19.1 Å². The second-order valence-electron chi connectivity index (χ2n) is 5.66. The molecule has 1 aliphatic carbocycles. The molecule has 1 saturated carbocycles. The summed E-state index contributed by atoms with van der Waals surface area (Å²) in [5, 5.41) is 3.44. The van der Waals surface area contributed by atoms with Gasteiger partial charge in [-0.2, -0.15) is 8.78 Å². The summed E-state index contributed by atoms with van der Waals surface area (Å²) >= 11 is 0. The fraction of sp³-hybridized carbons (Fsp3) is 0.625. The summed E-state index contributed by atoms with van der Waals surface area (Å²) in [6.45, 7) is -0.0684. The van der Waals surface area contributed by atoms with Gasteiger partial charge in [0, 0.05) is 18.2 Å². The Labute approximate surface area is 124 Å². The number of rotatable bonds is 6. The number of ether oxygens (including phenoxy) is 2. The molecule has 1 aromatic carbocycles. The lowest BCUT2D eigenvalue weighted by Gasteiger charge is -2.27. The fourth-order valence-electron chi connectivity index (χ4n) is 2.80. The Morgan fingerprint density at radius 1 is 1.24 bits per heavy atom. The molecule has 0 amide bonds. The van der Waals surface area contributed by atoms with Gasteiger partial charge in [0.15, 0.2) is 11.5 Å². The molecule has 0 unspecified atom stereocenters. The van der Waals surface area contributed by atoms with Gasteiger partial charge < -0.3 is 14.8 Å². The molecule has 0 spiro atoms. The van der Waals surface area contributed by atoms with Gasteiger partial charge in [0.1, 0.15) is 0 Å². The standard InChI is InChI=1S/C16H23F2NO2/c1-11-6-8-13(9-7-11)19-10-12-4-3-5-14(20-2)15(12)21-16(17)18/h3-5,11,13,16,19H,6-10H2,1-2H3. The van der Waals surface area contributed by atoms with Crippen LogP contribution in [0.4, 0.5) is 8.78 Å². The molecule has 0 aromatic heterocycles. The van der Waals surface area contributed by atoms with E-state index in [1.807, 2.05) is 0 Å². The first kappa shape index (κ1) is 16.0. The van der Waals surface area contributed by atoms with Crippen molar-refractivity contribution in [2.24, 2.45) is 5.92 Å². The molecular formula is C16H23F2NO2. The van der Waals surface area contributed by atoms with Crippen LogP contribution in [-0.2, 0) is 6.54 Å². The van der Waals surface area contributed by atoms with Crippen molar-refractivity contribution >= 4 is 0 Å². The van der Waals surface area contributed by atoms with Crippen molar-refractivity contribution in [3.8, 4) is 11.5 Å². The molecular weight excluding hydrogens is 276 g/mol. The largest absolute Gasteiger partial charge is 0.493 e. The summed E-state index contributed by atoms with van der Waals surface area (Å²) in [6.07, 6.45) is 4.71. The van der Waals surface area contributed by atoms with Crippen LogP contribution in [0.5, 0.6) is 11.5 Å². The number of methoxy groups -OCH3 is 1. The van der Waals surface area contributed by atoms with Crippen LogP contribution >= 0.6 is 0 Å². The van der Waals surface area contributed by atoms with E-state index in [0.29, 0.717) is 23.9 Å². The van der Waals surface area contributed by atoms with E-state index in [1.54, 1.807) is 18.2 Å². The van der Waals surface area contributed by atoms with Crippen molar-refractivity contribution < 1.29 is 18.3 Å². The van der Waals surface area contributed by atoms with Crippen LogP contribution in [0.1, 0.15) is 38.2 Å². The molecule has 0 saturated heterocycles. The summed E-state index contributed by atoms with van der Waals surface area (Å²) in [5.74, 6) is 1.26. The highest BCUT2D eigenvalue weighted by Crippen LogP contribution is 2.33. The van der Waals surface area contributed by atoms with Gasteiger partial charge in [-0.3, -0.25) is 0 Å². The van der Waals surface area contributed by atoms with Gasteiger partial charge in [0.05, 0.1) is 7.11 Å². The van der Waals surface area contributed by atoms with Crippen LogP contribution in [0, 0.1) is 5.92 Å². The summed E-state index contributed by atoms with van der Waals surface area (Å²) in [4.78, 5) is 0. The number of nitrogens with one attached hydrogen (secondary N) is 1. The third kappa shape index (κ3) is 4.56. The molecule has 1 N–H and O–H groups in total. The van der Waals surface area contributed by atoms with Gasteiger partial charge in [-0.25, -0.2) is 0 Å². The highest BCUT2D eigenvalue weighted by Gasteiger charge is 2.19. The Kier molecular flexibility index (Phi) is 5.79. The molecule has 0 radical (unpaired) electrons. The van der Waals surface area contributed by atoms with E-state index < -0.39 is 6.61 Å². The van der Waals surface area contributed by atoms with Gasteiger partial charge in [0.2, 0.25) is 0 Å². The first-order valence-corrected chi connectivity index (χ1v) is 7.44. The quantitative estimate of drug-likeness (QED) is 0.862. The second-order valence-corrected chi connectivity index (χ2v) is 5.66. The zero-order chi connectivity index (χ0) is 15.2. The lowest BCUT2D eigenvalue weighted by atomic mass is 9.87. The third-order valence-electron chi connectivity index (χ3n) is 4.08. The lowest BCUT2D eigenvalue weighted by molar-refractivity contribution is -0.0519. The summed E-state index contributed by atoms with van der Waals surface area (Å²) in [7, 11) is 1.45.